The first kappa shape index (κ1) is 13.3. The summed E-state index contributed by atoms with van der Waals surface area (Å²) >= 11 is 5.78. The molecule has 0 bridgehead atoms. The lowest BCUT2D eigenvalue weighted by molar-refractivity contribution is 0.161. The Hall–Kier alpha value is -1.65. The predicted molar refractivity (Wildman–Crippen MR) is 72.7 cm³/mol. The van der Waals surface area contributed by atoms with Crippen molar-refractivity contribution in [1.82, 2.24) is 0 Å². The Morgan fingerprint density at radius 1 is 1.15 bits per heavy atom. The number of hydrogen-bond acceptors (Lipinski definition) is 2. The maximum Gasteiger partial charge on any atom is 0.141 e. The van der Waals surface area contributed by atoms with Crippen LogP contribution in [0.4, 0.5) is 8.78 Å². The Morgan fingerprint density at radius 3 is 2.70 bits per heavy atom. The summed E-state index contributed by atoms with van der Waals surface area (Å²) in [5.41, 5.74) is 7.46. The van der Waals surface area contributed by atoms with Crippen LogP contribution in [0, 0.1) is 11.6 Å². The second kappa shape index (κ2) is 5.04. The summed E-state index contributed by atoms with van der Waals surface area (Å²) in [4.78, 5) is 0. The zero-order valence-electron chi connectivity index (χ0n) is 10.4. The van der Waals surface area contributed by atoms with E-state index in [2.05, 4.69) is 0 Å². The molecule has 3 rings (SSSR count). The minimum Gasteiger partial charge on any atom is -0.485 e. The van der Waals surface area contributed by atoms with Gasteiger partial charge in [-0.05, 0) is 35.9 Å². The summed E-state index contributed by atoms with van der Waals surface area (Å²) in [6, 6.07) is 8.38. The number of ether oxygens (including phenoxy) is 1. The van der Waals surface area contributed by atoms with Gasteiger partial charge in [0.1, 0.15) is 23.5 Å². The van der Waals surface area contributed by atoms with Crippen molar-refractivity contribution in [2.45, 2.75) is 18.6 Å². The summed E-state index contributed by atoms with van der Waals surface area (Å²) in [6.45, 7) is 0. The van der Waals surface area contributed by atoms with E-state index in [9.17, 15) is 8.78 Å². The Labute approximate surface area is 120 Å². The van der Waals surface area contributed by atoms with Gasteiger partial charge in [0.25, 0.3) is 0 Å². The monoisotopic (exact) mass is 295 g/mol. The quantitative estimate of drug-likeness (QED) is 0.858. The van der Waals surface area contributed by atoms with Crippen LogP contribution in [-0.2, 0) is 0 Å². The van der Waals surface area contributed by atoms with Gasteiger partial charge in [0.15, 0.2) is 0 Å². The third kappa shape index (κ3) is 2.37. The minimum absolute atomic E-state index is 0.0459. The molecule has 104 valence electrons. The number of benzene rings is 2. The lowest BCUT2D eigenvalue weighted by Crippen LogP contribution is -2.24. The molecule has 0 saturated carbocycles. The van der Waals surface area contributed by atoms with Gasteiger partial charge in [-0.3, -0.25) is 0 Å². The molecular weight excluding hydrogens is 284 g/mol. The number of rotatable bonds is 1. The van der Waals surface area contributed by atoms with Crippen molar-refractivity contribution in [2.24, 2.45) is 5.73 Å². The Morgan fingerprint density at radius 2 is 1.95 bits per heavy atom. The maximum absolute atomic E-state index is 13.2. The molecule has 2 aromatic rings. The van der Waals surface area contributed by atoms with E-state index in [4.69, 9.17) is 22.1 Å². The molecule has 2 N–H and O–H groups in total. The molecule has 1 heterocycles. The van der Waals surface area contributed by atoms with E-state index < -0.39 is 5.82 Å². The summed E-state index contributed by atoms with van der Waals surface area (Å²) in [7, 11) is 0. The second-order valence-electron chi connectivity index (χ2n) is 4.80. The highest BCUT2D eigenvalue weighted by Crippen LogP contribution is 2.40. The smallest absolute Gasteiger partial charge is 0.141 e. The molecule has 2 nitrogen and oxygen atoms in total. The van der Waals surface area contributed by atoms with E-state index in [1.165, 1.54) is 24.3 Å². The van der Waals surface area contributed by atoms with Crippen molar-refractivity contribution >= 4 is 11.6 Å². The van der Waals surface area contributed by atoms with Gasteiger partial charge in [-0.25, -0.2) is 8.78 Å². The molecule has 1 aliphatic rings. The SMILES string of the molecule is N[C@@H]1CC(c2ccc(F)c(Cl)c2)Oc2ccc(F)cc21. The average Bonchev–Trinajstić information content (AvgIpc) is 2.42. The van der Waals surface area contributed by atoms with E-state index >= 15 is 0 Å². The molecule has 1 unspecified atom stereocenters. The molecule has 0 radical (unpaired) electrons. The van der Waals surface area contributed by atoms with Gasteiger partial charge in [0, 0.05) is 18.0 Å². The van der Waals surface area contributed by atoms with Gasteiger partial charge in [0.2, 0.25) is 0 Å². The maximum atomic E-state index is 13.2. The third-order valence-corrected chi connectivity index (χ3v) is 3.71. The molecule has 5 heteroatoms. The Balaban J connectivity index is 1.94. The zero-order chi connectivity index (χ0) is 14.3. The lowest BCUT2D eigenvalue weighted by Gasteiger charge is -2.30. The molecule has 1 aliphatic heterocycles. The van der Waals surface area contributed by atoms with Crippen LogP contribution >= 0.6 is 11.6 Å². The summed E-state index contributed by atoms with van der Waals surface area (Å²) in [5.74, 6) is -0.264. The van der Waals surface area contributed by atoms with Crippen LogP contribution in [-0.4, -0.2) is 0 Å². The largest absolute Gasteiger partial charge is 0.485 e. The first-order valence-corrected chi connectivity index (χ1v) is 6.59. The zero-order valence-corrected chi connectivity index (χ0v) is 11.2. The molecule has 0 fully saturated rings. The van der Waals surface area contributed by atoms with Crippen LogP contribution in [0.1, 0.15) is 29.7 Å². The van der Waals surface area contributed by atoms with E-state index in [-0.39, 0.29) is 23.0 Å². The highest BCUT2D eigenvalue weighted by molar-refractivity contribution is 6.30. The number of nitrogens with two attached hydrogens (primary N) is 1. The summed E-state index contributed by atoms with van der Waals surface area (Å²) in [5, 5.41) is 0.0459. The Kier molecular flexibility index (Phi) is 3.36. The fourth-order valence-corrected chi connectivity index (χ4v) is 2.58. The van der Waals surface area contributed by atoms with Crippen molar-refractivity contribution < 1.29 is 13.5 Å². The van der Waals surface area contributed by atoms with Gasteiger partial charge in [-0.2, -0.15) is 0 Å². The van der Waals surface area contributed by atoms with Gasteiger partial charge in [-0.1, -0.05) is 17.7 Å². The van der Waals surface area contributed by atoms with Gasteiger partial charge >= 0.3 is 0 Å². The standard InChI is InChI=1S/C15H12ClF2NO/c16-11-5-8(1-3-12(11)18)15-7-13(19)10-6-9(17)2-4-14(10)20-15/h1-6,13,15H,7,19H2/t13-,15?/m1/s1. The summed E-state index contributed by atoms with van der Waals surface area (Å²) in [6.07, 6.45) is 0.166. The molecule has 0 amide bonds. The number of fused-ring (bicyclic) bond motifs is 1. The van der Waals surface area contributed by atoms with Crippen molar-refractivity contribution in [3.63, 3.8) is 0 Å². The highest BCUT2D eigenvalue weighted by Gasteiger charge is 2.27. The van der Waals surface area contributed by atoms with Gasteiger partial charge in [0.05, 0.1) is 5.02 Å². The predicted octanol–water partition coefficient (Wildman–Crippen LogP) is 4.14. The van der Waals surface area contributed by atoms with Crippen LogP contribution in [0.3, 0.4) is 0 Å². The van der Waals surface area contributed by atoms with Crippen LogP contribution in [0.25, 0.3) is 0 Å². The minimum atomic E-state index is -0.474. The lowest BCUT2D eigenvalue weighted by atomic mass is 9.93. The first-order chi connectivity index (χ1) is 9.54. The van der Waals surface area contributed by atoms with Gasteiger partial charge < -0.3 is 10.5 Å². The average molecular weight is 296 g/mol. The molecule has 0 spiro atoms. The van der Waals surface area contributed by atoms with Crippen molar-refractivity contribution in [3.05, 3.63) is 64.2 Å². The second-order valence-corrected chi connectivity index (χ2v) is 5.21. The molecule has 0 aliphatic carbocycles. The van der Waals surface area contributed by atoms with Crippen molar-refractivity contribution in [1.29, 1.82) is 0 Å². The van der Waals surface area contributed by atoms with Crippen LogP contribution in [0.5, 0.6) is 5.75 Å². The topological polar surface area (TPSA) is 35.2 Å². The van der Waals surface area contributed by atoms with E-state index in [1.807, 2.05) is 0 Å². The molecular formula is C15H12ClF2NO. The number of halogens is 3. The third-order valence-electron chi connectivity index (χ3n) is 3.42. The fourth-order valence-electron chi connectivity index (χ4n) is 2.39. The van der Waals surface area contributed by atoms with E-state index in [0.717, 1.165) is 5.56 Å². The first-order valence-electron chi connectivity index (χ1n) is 6.21. The summed E-state index contributed by atoms with van der Waals surface area (Å²) < 4.78 is 32.2. The molecule has 2 atom stereocenters. The molecule has 0 aromatic heterocycles. The highest BCUT2D eigenvalue weighted by atomic mass is 35.5. The molecule has 2 aromatic carbocycles. The molecule has 0 saturated heterocycles. The number of hydrogen-bond donors (Lipinski definition) is 1. The van der Waals surface area contributed by atoms with Crippen LogP contribution in [0.2, 0.25) is 5.02 Å². The fraction of sp³-hybridized carbons (Fsp3) is 0.200. The van der Waals surface area contributed by atoms with Crippen molar-refractivity contribution in [2.75, 3.05) is 0 Å². The van der Waals surface area contributed by atoms with Gasteiger partial charge in [-0.15, -0.1) is 0 Å². The van der Waals surface area contributed by atoms with E-state index in [1.54, 1.807) is 12.1 Å². The molecule has 20 heavy (non-hydrogen) atoms. The van der Waals surface area contributed by atoms with Crippen LogP contribution in [0.15, 0.2) is 36.4 Å². The van der Waals surface area contributed by atoms with Crippen LogP contribution < -0.4 is 10.5 Å². The Bertz CT molecular complexity index is 662. The normalized spacial score (nSPS) is 21.2. The van der Waals surface area contributed by atoms with E-state index in [0.29, 0.717) is 17.7 Å². The van der Waals surface area contributed by atoms with Crippen molar-refractivity contribution in [3.8, 4) is 5.75 Å².